The average Bonchev–Trinajstić information content (AvgIpc) is 2.68. The number of aromatic nitrogens is 1. The Balaban J connectivity index is 2.29. The maximum Gasteiger partial charge on any atom is 0.165 e. The minimum atomic E-state index is -0.310. The zero-order valence-electron chi connectivity index (χ0n) is 10.1. The number of aromatic amines is 1. The van der Waals surface area contributed by atoms with E-state index >= 15 is 0 Å². The maximum absolute atomic E-state index is 13.1. The summed E-state index contributed by atoms with van der Waals surface area (Å²) in [5.41, 5.74) is 1.40. The van der Waals surface area contributed by atoms with E-state index in [0.717, 1.165) is 11.9 Å². The Labute approximate surface area is 99.8 Å². The first-order chi connectivity index (χ1) is 8.08. The fourth-order valence-corrected chi connectivity index (χ4v) is 1.88. The molecule has 0 bridgehead atoms. The molecule has 0 aliphatic carbocycles. The van der Waals surface area contributed by atoms with Crippen molar-refractivity contribution in [1.82, 2.24) is 4.98 Å². The van der Waals surface area contributed by atoms with Crippen LogP contribution in [0.1, 0.15) is 37.0 Å². The molecule has 0 radical (unpaired) electrons. The lowest BCUT2D eigenvalue weighted by molar-refractivity contribution is 0.0977. The molecular weight excluding hydrogens is 217 g/mol. The molecule has 0 atom stereocenters. The van der Waals surface area contributed by atoms with Crippen LogP contribution in [0, 0.1) is 11.7 Å². The highest BCUT2D eigenvalue weighted by Gasteiger charge is 2.12. The molecule has 0 saturated heterocycles. The average molecular weight is 233 g/mol. The molecule has 2 nitrogen and oxygen atoms in total. The molecule has 0 amide bonds. The second-order valence-electron chi connectivity index (χ2n) is 4.75. The van der Waals surface area contributed by atoms with Crippen LogP contribution in [0.4, 0.5) is 4.39 Å². The summed E-state index contributed by atoms with van der Waals surface area (Å²) in [7, 11) is 0. The first-order valence-corrected chi connectivity index (χ1v) is 5.87. The van der Waals surface area contributed by atoms with Crippen LogP contribution < -0.4 is 0 Å². The van der Waals surface area contributed by atoms with Crippen molar-refractivity contribution in [3.05, 3.63) is 35.8 Å². The van der Waals surface area contributed by atoms with Crippen molar-refractivity contribution in [1.29, 1.82) is 0 Å². The number of benzene rings is 1. The molecule has 0 aliphatic rings. The first kappa shape index (κ1) is 11.8. The monoisotopic (exact) mass is 233 g/mol. The van der Waals surface area contributed by atoms with E-state index in [9.17, 15) is 9.18 Å². The number of Topliss-reactive ketones (excluding diaryl/α,β-unsaturated/α-hetero) is 1. The Morgan fingerprint density at radius 3 is 2.88 bits per heavy atom. The normalized spacial score (nSPS) is 11.3. The summed E-state index contributed by atoms with van der Waals surface area (Å²) in [5.74, 6) is 0.270. The summed E-state index contributed by atoms with van der Waals surface area (Å²) in [5, 5.41) is 0.679. The maximum atomic E-state index is 13.1. The third-order valence-electron chi connectivity index (χ3n) is 2.89. The standard InChI is InChI=1S/C14H16FNO/c1-9(2)3-6-14(17)12-8-16-13-5-4-10(15)7-11(12)13/h4-5,7-9,16H,3,6H2,1-2H3. The zero-order valence-corrected chi connectivity index (χ0v) is 10.1. The Morgan fingerprint density at radius 1 is 1.41 bits per heavy atom. The molecule has 1 aromatic heterocycles. The molecule has 1 aromatic carbocycles. The van der Waals surface area contributed by atoms with Crippen LogP contribution in [0.2, 0.25) is 0 Å². The number of rotatable bonds is 4. The van der Waals surface area contributed by atoms with Gasteiger partial charge in [0.05, 0.1) is 0 Å². The van der Waals surface area contributed by atoms with Gasteiger partial charge in [0, 0.05) is 29.1 Å². The quantitative estimate of drug-likeness (QED) is 0.797. The fraction of sp³-hybridized carbons (Fsp3) is 0.357. The lowest BCUT2D eigenvalue weighted by atomic mass is 10.0. The number of ketones is 1. The topological polar surface area (TPSA) is 32.9 Å². The lowest BCUT2D eigenvalue weighted by Gasteiger charge is -2.02. The summed E-state index contributed by atoms with van der Waals surface area (Å²) in [6.45, 7) is 4.17. The Kier molecular flexibility index (Phi) is 3.27. The number of H-pyrrole nitrogens is 1. The minimum absolute atomic E-state index is 0.0792. The van der Waals surface area contributed by atoms with E-state index in [2.05, 4.69) is 18.8 Å². The largest absolute Gasteiger partial charge is 0.360 e. The van der Waals surface area contributed by atoms with Crippen molar-refractivity contribution < 1.29 is 9.18 Å². The van der Waals surface area contributed by atoms with Gasteiger partial charge < -0.3 is 4.98 Å². The van der Waals surface area contributed by atoms with Gasteiger partial charge in [-0.2, -0.15) is 0 Å². The smallest absolute Gasteiger partial charge is 0.165 e. The van der Waals surface area contributed by atoms with Crippen molar-refractivity contribution >= 4 is 16.7 Å². The van der Waals surface area contributed by atoms with E-state index < -0.39 is 0 Å². The zero-order chi connectivity index (χ0) is 12.4. The highest BCUT2D eigenvalue weighted by molar-refractivity contribution is 6.07. The predicted molar refractivity (Wildman–Crippen MR) is 66.7 cm³/mol. The number of hydrogen-bond acceptors (Lipinski definition) is 1. The summed E-state index contributed by atoms with van der Waals surface area (Å²) in [6, 6.07) is 4.46. The fourth-order valence-electron chi connectivity index (χ4n) is 1.88. The molecule has 3 heteroatoms. The summed E-state index contributed by atoms with van der Waals surface area (Å²) < 4.78 is 13.1. The van der Waals surface area contributed by atoms with Gasteiger partial charge in [0.25, 0.3) is 0 Å². The minimum Gasteiger partial charge on any atom is -0.360 e. The van der Waals surface area contributed by atoms with Crippen LogP contribution in [-0.2, 0) is 0 Å². The van der Waals surface area contributed by atoms with Gasteiger partial charge in [-0.1, -0.05) is 13.8 Å². The lowest BCUT2D eigenvalue weighted by Crippen LogP contribution is -2.00. The van der Waals surface area contributed by atoms with Gasteiger partial charge in [-0.25, -0.2) is 4.39 Å². The van der Waals surface area contributed by atoms with E-state index in [4.69, 9.17) is 0 Å². The summed E-state index contributed by atoms with van der Waals surface area (Å²) in [4.78, 5) is 15.0. The van der Waals surface area contributed by atoms with Crippen molar-refractivity contribution in [2.24, 2.45) is 5.92 Å². The van der Waals surface area contributed by atoms with Gasteiger partial charge >= 0.3 is 0 Å². The highest BCUT2D eigenvalue weighted by atomic mass is 19.1. The van der Waals surface area contributed by atoms with Crippen molar-refractivity contribution in [3.63, 3.8) is 0 Å². The molecule has 1 heterocycles. The SMILES string of the molecule is CC(C)CCC(=O)c1c[nH]c2ccc(F)cc12. The van der Waals surface area contributed by atoms with Crippen molar-refractivity contribution in [3.8, 4) is 0 Å². The highest BCUT2D eigenvalue weighted by Crippen LogP contribution is 2.21. The Hall–Kier alpha value is -1.64. The van der Waals surface area contributed by atoms with E-state index in [0.29, 0.717) is 23.3 Å². The van der Waals surface area contributed by atoms with Crippen LogP contribution in [0.5, 0.6) is 0 Å². The molecule has 0 saturated carbocycles. The van der Waals surface area contributed by atoms with Gasteiger partial charge in [-0.05, 0) is 30.5 Å². The molecule has 2 rings (SSSR count). The van der Waals surface area contributed by atoms with Gasteiger partial charge in [0.2, 0.25) is 0 Å². The first-order valence-electron chi connectivity index (χ1n) is 5.87. The van der Waals surface area contributed by atoms with Crippen LogP contribution in [0.25, 0.3) is 10.9 Å². The third-order valence-corrected chi connectivity index (χ3v) is 2.89. The van der Waals surface area contributed by atoms with Crippen LogP contribution in [0.15, 0.2) is 24.4 Å². The van der Waals surface area contributed by atoms with Crippen LogP contribution in [-0.4, -0.2) is 10.8 Å². The molecule has 1 N–H and O–H groups in total. The number of carbonyl (C=O) groups excluding carboxylic acids is 1. The van der Waals surface area contributed by atoms with Gasteiger partial charge in [0.15, 0.2) is 5.78 Å². The summed E-state index contributed by atoms with van der Waals surface area (Å²) in [6.07, 6.45) is 3.05. The van der Waals surface area contributed by atoms with E-state index in [-0.39, 0.29) is 11.6 Å². The Morgan fingerprint density at radius 2 is 2.18 bits per heavy atom. The van der Waals surface area contributed by atoms with Crippen LogP contribution in [0.3, 0.4) is 0 Å². The van der Waals surface area contributed by atoms with Gasteiger partial charge in [-0.3, -0.25) is 4.79 Å². The van der Waals surface area contributed by atoms with Gasteiger partial charge in [0.1, 0.15) is 5.82 Å². The van der Waals surface area contributed by atoms with E-state index in [1.54, 1.807) is 12.3 Å². The number of carbonyl (C=O) groups is 1. The number of nitrogens with one attached hydrogen (secondary N) is 1. The van der Waals surface area contributed by atoms with Crippen LogP contribution >= 0.6 is 0 Å². The van der Waals surface area contributed by atoms with Crippen molar-refractivity contribution in [2.45, 2.75) is 26.7 Å². The molecular formula is C14H16FNO. The molecule has 0 unspecified atom stereocenters. The Bertz CT molecular complexity index is 542. The van der Waals surface area contributed by atoms with Gasteiger partial charge in [-0.15, -0.1) is 0 Å². The second kappa shape index (κ2) is 4.70. The van der Waals surface area contributed by atoms with Crippen molar-refractivity contribution in [2.75, 3.05) is 0 Å². The van der Waals surface area contributed by atoms with E-state index in [1.807, 2.05) is 0 Å². The molecule has 0 spiro atoms. The molecule has 0 aliphatic heterocycles. The number of fused-ring (bicyclic) bond motifs is 1. The number of hydrogen-bond donors (Lipinski definition) is 1. The van der Waals surface area contributed by atoms with E-state index in [1.165, 1.54) is 12.1 Å². The number of halogens is 1. The molecule has 90 valence electrons. The third kappa shape index (κ3) is 2.54. The molecule has 0 fully saturated rings. The molecule has 2 aromatic rings. The predicted octanol–water partition coefficient (Wildman–Crippen LogP) is 3.93. The molecule has 17 heavy (non-hydrogen) atoms. The second-order valence-corrected chi connectivity index (χ2v) is 4.75. The summed E-state index contributed by atoms with van der Waals surface area (Å²) >= 11 is 0.